The average molecular weight is 310 g/mol. The molecule has 1 heterocycles. The van der Waals surface area contributed by atoms with E-state index in [0.29, 0.717) is 18.0 Å². The van der Waals surface area contributed by atoms with Gasteiger partial charge in [0.1, 0.15) is 0 Å². The van der Waals surface area contributed by atoms with Crippen LogP contribution in [-0.2, 0) is 4.79 Å². The fraction of sp³-hybridized carbons (Fsp3) is 0.467. The fourth-order valence-corrected chi connectivity index (χ4v) is 2.36. The third-order valence-corrected chi connectivity index (χ3v) is 3.34. The highest BCUT2D eigenvalue weighted by molar-refractivity contribution is 6.30. The molecule has 0 radical (unpaired) electrons. The van der Waals surface area contributed by atoms with Crippen molar-refractivity contribution in [3.8, 4) is 0 Å². The van der Waals surface area contributed by atoms with E-state index in [1.165, 1.54) is 0 Å². The largest absolute Gasteiger partial charge is 0.334 e. The van der Waals surface area contributed by atoms with Gasteiger partial charge in [-0.3, -0.25) is 4.79 Å². The van der Waals surface area contributed by atoms with Crippen molar-refractivity contribution in [1.82, 2.24) is 10.6 Å². The molecule has 1 fully saturated rings. The second kappa shape index (κ2) is 5.93. The van der Waals surface area contributed by atoms with Gasteiger partial charge in [-0.25, -0.2) is 4.79 Å². The SMILES string of the molecule is CC(C)(C)NC(=O)NC1CC(=O)N(c2ccc(Cl)cc2)C1. The van der Waals surface area contributed by atoms with Crippen LogP contribution in [0.3, 0.4) is 0 Å². The maximum absolute atomic E-state index is 12.1. The van der Waals surface area contributed by atoms with E-state index in [4.69, 9.17) is 11.6 Å². The molecular formula is C15H20ClN3O2. The van der Waals surface area contributed by atoms with E-state index in [1.54, 1.807) is 29.2 Å². The molecule has 1 aromatic carbocycles. The Labute approximate surface area is 129 Å². The highest BCUT2D eigenvalue weighted by Crippen LogP contribution is 2.23. The molecule has 0 aliphatic carbocycles. The summed E-state index contributed by atoms with van der Waals surface area (Å²) in [4.78, 5) is 25.6. The molecule has 114 valence electrons. The minimum Gasteiger partial charge on any atom is -0.334 e. The zero-order chi connectivity index (χ0) is 15.6. The third kappa shape index (κ3) is 4.36. The second-order valence-corrected chi connectivity index (χ2v) is 6.67. The summed E-state index contributed by atoms with van der Waals surface area (Å²) in [6.45, 7) is 6.20. The molecule has 1 atom stereocenters. The molecule has 0 spiro atoms. The Kier molecular flexibility index (Phi) is 4.42. The van der Waals surface area contributed by atoms with Gasteiger partial charge in [-0.05, 0) is 45.0 Å². The number of nitrogens with one attached hydrogen (secondary N) is 2. The van der Waals surface area contributed by atoms with Crippen LogP contribution in [0, 0.1) is 0 Å². The number of rotatable bonds is 2. The number of urea groups is 1. The predicted molar refractivity (Wildman–Crippen MR) is 83.6 cm³/mol. The lowest BCUT2D eigenvalue weighted by molar-refractivity contribution is -0.117. The van der Waals surface area contributed by atoms with E-state index in [0.717, 1.165) is 5.69 Å². The highest BCUT2D eigenvalue weighted by atomic mass is 35.5. The summed E-state index contributed by atoms with van der Waals surface area (Å²) in [6.07, 6.45) is 0.306. The van der Waals surface area contributed by atoms with Crippen molar-refractivity contribution >= 4 is 29.2 Å². The van der Waals surface area contributed by atoms with Gasteiger partial charge in [-0.1, -0.05) is 11.6 Å². The van der Waals surface area contributed by atoms with E-state index in [2.05, 4.69) is 10.6 Å². The smallest absolute Gasteiger partial charge is 0.315 e. The van der Waals surface area contributed by atoms with E-state index in [-0.39, 0.29) is 23.5 Å². The number of amides is 3. The number of hydrogen-bond acceptors (Lipinski definition) is 2. The lowest BCUT2D eigenvalue weighted by atomic mass is 10.1. The lowest BCUT2D eigenvalue weighted by Gasteiger charge is -2.22. The maximum Gasteiger partial charge on any atom is 0.315 e. The maximum atomic E-state index is 12.1. The van der Waals surface area contributed by atoms with Gasteiger partial charge in [-0.15, -0.1) is 0 Å². The zero-order valence-electron chi connectivity index (χ0n) is 12.4. The molecule has 1 aliphatic heterocycles. The van der Waals surface area contributed by atoms with Crippen LogP contribution in [0.5, 0.6) is 0 Å². The number of carbonyl (C=O) groups is 2. The number of hydrogen-bond donors (Lipinski definition) is 2. The second-order valence-electron chi connectivity index (χ2n) is 6.23. The Hall–Kier alpha value is -1.75. The van der Waals surface area contributed by atoms with Gasteiger partial charge in [0.15, 0.2) is 0 Å². The molecule has 0 bridgehead atoms. The Morgan fingerprint density at radius 2 is 1.90 bits per heavy atom. The first-order chi connectivity index (χ1) is 9.74. The minimum atomic E-state index is -0.303. The Balaban J connectivity index is 1.96. The normalized spacial score (nSPS) is 18.8. The van der Waals surface area contributed by atoms with Gasteiger partial charge in [0.25, 0.3) is 0 Å². The average Bonchev–Trinajstić information content (AvgIpc) is 2.68. The first kappa shape index (κ1) is 15.6. The van der Waals surface area contributed by atoms with Crippen LogP contribution in [-0.4, -0.2) is 30.1 Å². The monoisotopic (exact) mass is 309 g/mol. The topological polar surface area (TPSA) is 61.4 Å². The molecule has 1 aromatic rings. The van der Waals surface area contributed by atoms with Crippen molar-refractivity contribution in [1.29, 1.82) is 0 Å². The molecular weight excluding hydrogens is 290 g/mol. The first-order valence-corrected chi connectivity index (χ1v) is 7.27. The Morgan fingerprint density at radius 3 is 2.48 bits per heavy atom. The summed E-state index contributed by atoms with van der Waals surface area (Å²) in [5.41, 5.74) is 0.493. The molecule has 2 rings (SSSR count). The molecule has 6 heteroatoms. The number of nitrogens with zero attached hydrogens (tertiary/aromatic N) is 1. The third-order valence-electron chi connectivity index (χ3n) is 3.09. The van der Waals surface area contributed by atoms with Crippen LogP contribution >= 0.6 is 11.6 Å². The molecule has 3 amide bonds. The number of halogens is 1. The van der Waals surface area contributed by atoms with Crippen LogP contribution in [0.25, 0.3) is 0 Å². The molecule has 0 saturated carbocycles. The van der Waals surface area contributed by atoms with Crippen LogP contribution in [0.4, 0.5) is 10.5 Å². The van der Waals surface area contributed by atoms with Crippen molar-refractivity contribution < 1.29 is 9.59 Å². The van der Waals surface area contributed by atoms with E-state index in [1.807, 2.05) is 20.8 Å². The molecule has 2 N–H and O–H groups in total. The number of benzene rings is 1. The minimum absolute atomic E-state index is 0.00150. The predicted octanol–water partition coefficient (Wildman–Crippen LogP) is 2.54. The van der Waals surface area contributed by atoms with Crippen LogP contribution in [0.15, 0.2) is 24.3 Å². The molecule has 1 unspecified atom stereocenters. The summed E-state index contributed by atoms with van der Waals surface area (Å²) < 4.78 is 0. The van der Waals surface area contributed by atoms with Gasteiger partial charge >= 0.3 is 6.03 Å². The Bertz CT molecular complexity index is 537. The van der Waals surface area contributed by atoms with Crippen LogP contribution in [0.1, 0.15) is 27.2 Å². The number of carbonyl (C=O) groups excluding carboxylic acids is 2. The van der Waals surface area contributed by atoms with Crippen LogP contribution in [0.2, 0.25) is 5.02 Å². The summed E-state index contributed by atoms with van der Waals surface area (Å²) in [7, 11) is 0. The van der Waals surface area contributed by atoms with Crippen molar-refractivity contribution in [2.45, 2.75) is 38.8 Å². The standard InChI is InChI=1S/C15H20ClN3O2/c1-15(2,3)18-14(21)17-11-8-13(20)19(9-11)12-6-4-10(16)5-7-12/h4-7,11H,8-9H2,1-3H3,(H2,17,18,21). The van der Waals surface area contributed by atoms with Gasteiger partial charge in [-0.2, -0.15) is 0 Å². The van der Waals surface area contributed by atoms with Gasteiger partial charge in [0.2, 0.25) is 5.91 Å². The van der Waals surface area contributed by atoms with Gasteiger partial charge in [0.05, 0.1) is 6.04 Å². The summed E-state index contributed by atoms with van der Waals surface area (Å²) in [6, 6.07) is 6.67. The van der Waals surface area contributed by atoms with Crippen molar-refractivity contribution in [3.63, 3.8) is 0 Å². The summed E-state index contributed by atoms with van der Waals surface area (Å²) in [5.74, 6) is -0.00150. The molecule has 21 heavy (non-hydrogen) atoms. The molecule has 1 saturated heterocycles. The van der Waals surface area contributed by atoms with Crippen molar-refractivity contribution in [2.24, 2.45) is 0 Å². The molecule has 1 aliphatic rings. The fourth-order valence-electron chi connectivity index (χ4n) is 2.24. The van der Waals surface area contributed by atoms with Gasteiger partial charge in [0, 0.05) is 29.2 Å². The van der Waals surface area contributed by atoms with Crippen molar-refractivity contribution in [3.05, 3.63) is 29.3 Å². The first-order valence-electron chi connectivity index (χ1n) is 6.89. The zero-order valence-corrected chi connectivity index (χ0v) is 13.2. The lowest BCUT2D eigenvalue weighted by Crippen LogP contribution is -2.50. The molecule has 5 nitrogen and oxygen atoms in total. The Morgan fingerprint density at radius 1 is 1.29 bits per heavy atom. The highest BCUT2D eigenvalue weighted by Gasteiger charge is 2.32. The van der Waals surface area contributed by atoms with Crippen molar-refractivity contribution in [2.75, 3.05) is 11.4 Å². The summed E-state index contributed by atoms with van der Waals surface area (Å²) in [5, 5.41) is 6.29. The number of anilines is 1. The van der Waals surface area contributed by atoms with E-state index in [9.17, 15) is 9.59 Å². The van der Waals surface area contributed by atoms with Crippen LogP contribution < -0.4 is 15.5 Å². The van der Waals surface area contributed by atoms with E-state index < -0.39 is 0 Å². The quantitative estimate of drug-likeness (QED) is 0.882. The van der Waals surface area contributed by atoms with E-state index >= 15 is 0 Å². The molecule has 0 aromatic heterocycles. The summed E-state index contributed by atoms with van der Waals surface area (Å²) >= 11 is 5.85. The van der Waals surface area contributed by atoms with Gasteiger partial charge < -0.3 is 15.5 Å².